The normalized spacial score (nSPS) is 12.8. The molecule has 0 nitrogen and oxygen atoms in total. The van der Waals surface area contributed by atoms with Crippen LogP contribution in [0.5, 0.6) is 0 Å². The van der Waals surface area contributed by atoms with Crippen molar-refractivity contribution >= 4 is 38.9 Å². The van der Waals surface area contributed by atoms with Crippen LogP contribution in [0.1, 0.15) is 26.9 Å². The number of hydrogen-bond acceptors (Lipinski definition) is 1. The van der Waals surface area contributed by atoms with Crippen molar-refractivity contribution < 1.29 is 0 Å². The second kappa shape index (κ2) is 4.91. The van der Waals surface area contributed by atoms with Crippen molar-refractivity contribution in [3.8, 4) is 0 Å². The van der Waals surface area contributed by atoms with Gasteiger partial charge in [-0.3, -0.25) is 0 Å². The molecule has 84 valence electrons. The average Bonchev–Trinajstić information content (AvgIpc) is 2.59. The summed E-state index contributed by atoms with van der Waals surface area (Å²) in [6, 6.07) is 10.4. The Labute approximate surface area is 113 Å². The number of hydrogen-bond donors (Lipinski definition) is 0. The fourth-order valence-electron chi connectivity index (χ4n) is 1.63. The molecule has 1 aromatic carbocycles. The molecule has 0 spiro atoms. The fraction of sp³-hybridized carbons (Fsp3) is 0.231. The van der Waals surface area contributed by atoms with Gasteiger partial charge < -0.3 is 0 Å². The van der Waals surface area contributed by atoms with E-state index in [-0.39, 0.29) is 5.38 Å². The van der Waals surface area contributed by atoms with E-state index in [1.807, 2.05) is 12.1 Å². The van der Waals surface area contributed by atoms with Crippen LogP contribution in [0.3, 0.4) is 0 Å². The van der Waals surface area contributed by atoms with Crippen LogP contribution in [0, 0.1) is 13.8 Å². The Morgan fingerprint density at radius 2 is 1.88 bits per heavy atom. The highest BCUT2D eigenvalue weighted by Gasteiger charge is 2.16. The van der Waals surface area contributed by atoms with Crippen LogP contribution in [-0.4, -0.2) is 0 Å². The summed E-state index contributed by atoms with van der Waals surface area (Å²) in [5, 5.41) is -0.0452. The smallest absolute Gasteiger partial charge is 0.0930 e. The van der Waals surface area contributed by atoms with Gasteiger partial charge in [-0.05, 0) is 52.5 Å². The monoisotopic (exact) mass is 314 g/mol. The molecule has 0 aliphatic heterocycles. The van der Waals surface area contributed by atoms with Gasteiger partial charge in [0, 0.05) is 4.88 Å². The van der Waals surface area contributed by atoms with Gasteiger partial charge in [0.15, 0.2) is 0 Å². The number of halogens is 2. The van der Waals surface area contributed by atoms with Crippen LogP contribution in [0.15, 0.2) is 34.1 Å². The molecule has 16 heavy (non-hydrogen) atoms. The van der Waals surface area contributed by atoms with Crippen molar-refractivity contribution in [2.75, 3.05) is 0 Å². The van der Waals surface area contributed by atoms with Gasteiger partial charge in [-0.2, -0.15) is 0 Å². The van der Waals surface area contributed by atoms with Crippen molar-refractivity contribution in [1.29, 1.82) is 0 Å². The summed E-state index contributed by atoms with van der Waals surface area (Å²) in [4.78, 5) is 1.19. The lowest BCUT2D eigenvalue weighted by Gasteiger charge is -2.10. The molecule has 1 aromatic heterocycles. The van der Waals surface area contributed by atoms with E-state index < -0.39 is 0 Å². The van der Waals surface area contributed by atoms with E-state index >= 15 is 0 Å². The molecule has 0 radical (unpaired) electrons. The van der Waals surface area contributed by atoms with E-state index in [4.69, 9.17) is 11.6 Å². The van der Waals surface area contributed by atoms with Gasteiger partial charge in [0.2, 0.25) is 0 Å². The standard InChI is InChI=1S/C13H12BrClS/c1-8-5-3-4-6-10(8)12(15)11-7-9(2)13(14)16-11/h3-7,12H,1-2H3. The quantitative estimate of drug-likeness (QED) is 0.646. The zero-order valence-corrected chi connectivity index (χ0v) is 12.3. The molecule has 0 N–H and O–H groups in total. The summed E-state index contributed by atoms with van der Waals surface area (Å²) in [7, 11) is 0. The Kier molecular flexibility index (Phi) is 3.73. The van der Waals surface area contributed by atoms with Crippen molar-refractivity contribution in [3.05, 3.63) is 55.7 Å². The van der Waals surface area contributed by atoms with Crippen LogP contribution in [-0.2, 0) is 0 Å². The first-order valence-corrected chi connectivity index (χ1v) is 7.09. The number of rotatable bonds is 2. The minimum atomic E-state index is -0.0452. The maximum atomic E-state index is 6.51. The van der Waals surface area contributed by atoms with Crippen molar-refractivity contribution in [3.63, 3.8) is 0 Å². The third-order valence-corrected chi connectivity index (χ3v) is 5.39. The third-order valence-electron chi connectivity index (χ3n) is 2.59. The summed E-state index contributed by atoms with van der Waals surface area (Å²) in [5.74, 6) is 0. The molecule has 0 fully saturated rings. The number of alkyl halides is 1. The van der Waals surface area contributed by atoms with Gasteiger partial charge in [0.25, 0.3) is 0 Å². The second-order valence-electron chi connectivity index (χ2n) is 3.82. The lowest BCUT2D eigenvalue weighted by Crippen LogP contribution is -1.93. The van der Waals surface area contributed by atoms with Gasteiger partial charge in [-0.1, -0.05) is 24.3 Å². The first-order chi connectivity index (χ1) is 7.59. The molecular formula is C13H12BrClS. The SMILES string of the molecule is Cc1ccccc1C(Cl)c1cc(C)c(Br)s1. The highest BCUT2D eigenvalue weighted by molar-refractivity contribution is 9.11. The predicted molar refractivity (Wildman–Crippen MR) is 75.6 cm³/mol. The van der Waals surface area contributed by atoms with Gasteiger partial charge in [-0.25, -0.2) is 0 Å². The Balaban J connectivity index is 2.39. The number of thiophene rings is 1. The van der Waals surface area contributed by atoms with E-state index in [1.165, 1.54) is 25.4 Å². The molecule has 1 heterocycles. The zero-order chi connectivity index (χ0) is 11.7. The van der Waals surface area contributed by atoms with Crippen LogP contribution in [0.4, 0.5) is 0 Å². The largest absolute Gasteiger partial charge is 0.131 e. The summed E-state index contributed by atoms with van der Waals surface area (Å²) in [6.45, 7) is 4.19. The zero-order valence-electron chi connectivity index (χ0n) is 9.13. The predicted octanol–water partition coefficient (Wildman–Crippen LogP) is 5.46. The van der Waals surface area contributed by atoms with E-state index in [0.29, 0.717) is 0 Å². The highest BCUT2D eigenvalue weighted by atomic mass is 79.9. The van der Waals surface area contributed by atoms with Crippen LogP contribution < -0.4 is 0 Å². The molecule has 0 saturated heterocycles. The second-order valence-corrected chi connectivity index (χ2v) is 6.66. The van der Waals surface area contributed by atoms with Crippen LogP contribution in [0.2, 0.25) is 0 Å². The summed E-state index contributed by atoms with van der Waals surface area (Å²) in [6.07, 6.45) is 0. The van der Waals surface area contributed by atoms with E-state index in [1.54, 1.807) is 11.3 Å². The Morgan fingerprint density at radius 3 is 2.44 bits per heavy atom. The molecule has 0 bridgehead atoms. The fourth-order valence-corrected chi connectivity index (χ4v) is 3.64. The maximum absolute atomic E-state index is 6.51. The molecule has 0 amide bonds. The van der Waals surface area contributed by atoms with Crippen molar-refractivity contribution in [1.82, 2.24) is 0 Å². The van der Waals surface area contributed by atoms with Crippen molar-refractivity contribution in [2.24, 2.45) is 0 Å². The van der Waals surface area contributed by atoms with Gasteiger partial charge in [0.1, 0.15) is 0 Å². The molecule has 2 rings (SSSR count). The average molecular weight is 316 g/mol. The maximum Gasteiger partial charge on any atom is 0.0930 e. The summed E-state index contributed by atoms with van der Waals surface area (Å²) < 4.78 is 1.17. The van der Waals surface area contributed by atoms with Crippen LogP contribution in [0.25, 0.3) is 0 Å². The lowest BCUT2D eigenvalue weighted by atomic mass is 10.0. The molecule has 2 aromatic rings. The number of benzene rings is 1. The molecular weight excluding hydrogens is 304 g/mol. The van der Waals surface area contributed by atoms with Gasteiger partial charge in [0.05, 0.1) is 9.16 Å². The molecule has 0 saturated carbocycles. The molecule has 0 aliphatic carbocycles. The molecule has 3 heteroatoms. The molecule has 1 atom stereocenters. The minimum Gasteiger partial charge on any atom is -0.131 e. The Hall–Kier alpha value is -0.310. The van der Waals surface area contributed by atoms with Gasteiger partial charge >= 0.3 is 0 Å². The highest BCUT2D eigenvalue weighted by Crippen LogP contribution is 2.38. The van der Waals surface area contributed by atoms with E-state index in [2.05, 4.69) is 48.0 Å². The number of aryl methyl sites for hydroxylation is 2. The molecule has 1 unspecified atom stereocenters. The van der Waals surface area contributed by atoms with Crippen LogP contribution >= 0.6 is 38.9 Å². The van der Waals surface area contributed by atoms with Gasteiger partial charge in [-0.15, -0.1) is 22.9 Å². The third kappa shape index (κ3) is 2.34. The summed E-state index contributed by atoms with van der Waals surface area (Å²) in [5.41, 5.74) is 3.68. The lowest BCUT2D eigenvalue weighted by molar-refractivity contribution is 1.14. The first-order valence-electron chi connectivity index (χ1n) is 5.05. The van der Waals surface area contributed by atoms with E-state index in [0.717, 1.165) is 0 Å². The summed E-state index contributed by atoms with van der Waals surface area (Å²) >= 11 is 11.8. The Bertz CT molecular complexity index is 485. The topological polar surface area (TPSA) is 0 Å². The van der Waals surface area contributed by atoms with E-state index in [9.17, 15) is 0 Å². The first kappa shape index (κ1) is 12.2. The minimum absolute atomic E-state index is 0.0452. The molecule has 0 aliphatic rings. The Morgan fingerprint density at radius 1 is 1.19 bits per heavy atom. The van der Waals surface area contributed by atoms with Crippen molar-refractivity contribution in [2.45, 2.75) is 19.2 Å².